The van der Waals surface area contributed by atoms with Crippen LogP contribution in [0.1, 0.15) is 11.1 Å². The molecule has 1 aromatic heterocycles. The van der Waals surface area contributed by atoms with Gasteiger partial charge in [0.05, 0.1) is 21.8 Å². The lowest BCUT2D eigenvalue weighted by Gasteiger charge is -2.07. The van der Waals surface area contributed by atoms with Crippen molar-refractivity contribution in [3.63, 3.8) is 0 Å². The fraction of sp³-hybridized carbons (Fsp3) is 0.111. The number of nitrogens with zero attached hydrogens (tertiary/aromatic N) is 1. The standard InChI is InChI=1S/C18H13ClN2O2S/c19-14-8-16-15(20-18(21-16)24-9-17(22)23)7-13(14)12-5-4-10-2-1-3-11(10)6-12/h1,3-8H,2,9H2,(H,20,21)(H,22,23). The second-order valence-corrected chi connectivity index (χ2v) is 6.96. The molecule has 120 valence electrons. The number of allylic oxidation sites excluding steroid dienone is 1. The van der Waals surface area contributed by atoms with Crippen LogP contribution in [0.25, 0.3) is 28.2 Å². The van der Waals surface area contributed by atoms with E-state index in [1.54, 1.807) is 0 Å². The SMILES string of the molecule is O=C(O)CSc1nc2cc(-c3ccc4c(c3)C=CC4)c(Cl)cc2[nH]1. The molecule has 0 radical (unpaired) electrons. The topological polar surface area (TPSA) is 66.0 Å². The van der Waals surface area contributed by atoms with Gasteiger partial charge in [-0.15, -0.1) is 0 Å². The van der Waals surface area contributed by atoms with Crippen molar-refractivity contribution >= 4 is 46.4 Å². The second-order valence-electron chi connectivity index (χ2n) is 5.59. The number of H-pyrrole nitrogens is 1. The fourth-order valence-electron chi connectivity index (χ4n) is 2.84. The van der Waals surface area contributed by atoms with Gasteiger partial charge < -0.3 is 10.1 Å². The highest BCUT2D eigenvalue weighted by molar-refractivity contribution is 7.99. The lowest BCUT2D eigenvalue weighted by atomic mass is 10.00. The van der Waals surface area contributed by atoms with E-state index in [1.165, 1.54) is 11.1 Å². The molecular formula is C18H13ClN2O2S. The number of halogens is 1. The molecule has 0 aliphatic heterocycles. The van der Waals surface area contributed by atoms with E-state index in [0.29, 0.717) is 10.2 Å². The molecule has 0 spiro atoms. The van der Waals surface area contributed by atoms with Gasteiger partial charge in [0.15, 0.2) is 5.16 Å². The highest BCUT2D eigenvalue weighted by Gasteiger charge is 2.13. The summed E-state index contributed by atoms with van der Waals surface area (Å²) < 4.78 is 0. The Labute approximate surface area is 147 Å². The third-order valence-corrected chi connectivity index (χ3v) is 5.14. The number of hydrogen-bond donors (Lipinski definition) is 2. The van der Waals surface area contributed by atoms with Gasteiger partial charge in [0, 0.05) is 5.56 Å². The summed E-state index contributed by atoms with van der Waals surface area (Å²) in [5.74, 6) is -0.900. The number of hydrogen-bond acceptors (Lipinski definition) is 3. The van der Waals surface area contributed by atoms with Crippen LogP contribution >= 0.6 is 23.4 Å². The molecule has 6 heteroatoms. The summed E-state index contributed by atoms with van der Waals surface area (Å²) in [6.07, 6.45) is 5.26. The minimum absolute atomic E-state index is 0.0302. The van der Waals surface area contributed by atoms with E-state index < -0.39 is 5.97 Å². The van der Waals surface area contributed by atoms with Crippen LogP contribution in [0, 0.1) is 0 Å². The number of carboxylic acid groups (broad SMARTS) is 1. The molecule has 4 nitrogen and oxygen atoms in total. The Morgan fingerprint density at radius 1 is 1.33 bits per heavy atom. The largest absolute Gasteiger partial charge is 0.481 e. The molecule has 0 unspecified atom stereocenters. The molecule has 4 rings (SSSR count). The maximum atomic E-state index is 10.7. The highest BCUT2D eigenvalue weighted by atomic mass is 35.5. The Kier molecular flexibility index (Phi) is 3.82. The van der Waals surface area contributed by atoms with E-state index in [9.17, 15) is 4.79 Å². The first-order valence-corrected chi connectivity index (χ1v) is 8.80. The Bertz CT molecular complexity index is 994. The molecule has 0 fully saturated rings. The zero-order chi connectivity index (χ0) is 16.7. The number of thioether (sulfide) groups is 1. The second kappa shape index (κ2) is 6.00. The van der Waals surface area contributed by atoms with Crippen LogP contribution in [-0.2, 0) is 11.2 Å². The molecule has 0 bridgehead atoms. The quantitative estimate of drug-likeness (QED) is 0.669. The number of carboxylic acids is 1. The molecule has 3 aromatic rings. The fourth-order valence-corrected chi connectivity index (χ4v) is 3.72. The minimum atomic E-state index is -0.870. The number of fused-ring (bicyclic) bond motifs is 2. The van der Waals surface area contributed by atoms with Gasteiger partial charge >= 0.3 is 5.97 Å². The number of carbonyl (C=O) groups is 1. The zero-order valence-electron chi connectivity index (χ0n) is 12.5. The Morgan fingerprint density at radius 3 is 3.04 bits per heavy atom. The van der Waals surface area contributed by atoms with Gasteiger partial charge in [-0.3, -0.25) is 4.79 Å². The number of nitrogens with one attached hydrogen (secondary N) is 1. The molecule has 1 heterocycles. The van der Waals surface area contributed by atoms with Crippen molar-refractivity contribution < 1.29 is 9.90 Å². The van der Waals surface area contributed by atoms with E-state index in [4.69, 9.17) is 16.7 Å². The normalized spacial score (nSPS) is 12.7. The summed E-state index contributed by atoms with van der Waals surface area (Å²) in [7, 11) is 0. The predicted octanol–water partition coefficient (Wildman–Crippen LogP) is 4.63. The monoisotopic (exact) mass is 356 g/mol. The van der Waals surface area contributed by atoms with E-state index in [1.807, 2.05) is 12.1 Å². The third kappa shape index (κ3) is 2.81. The van der Waals surface area contributed by atoms with Crippen LogP contribution in [-0.4, -0.2) is 26.8 Å². The number of imidazole rings is 1. The first kappa shape index (κ1) is 15.3. The molecule has 2 N–H and O–H groups in total. The first-order valence-electron chi connectivity index (χ1n) is 7.44. The van der Waals surface area contributed by atoms with Gasteiger partial charge in [0.1, 0.15) is 0 Å². The number of aliphatic carboxylic acids is 1. The van der Waals surface area contributed by atoms with E-state index >= 15 is 0 Å². The average molecular weight is 357 g/mol. The Hall–Kier alpha value is -2.24. The molecule has 24 heavy (non-hydrogen) atoms. The summed E-state index contributed by atoms with van der Waals surface area (Å²) in [4.78, 5) is 18.2. The molecule has 0 saturated heterocycles. The van der Waals surface area contributed by atoms with Crippen molar-refractivity contribution in [1.29, 1.82) is 0 Å². The summed E-state index contributed by atoms with van der Waals surface area (Å²) in [5.41, 5.74) is 6.10. The molecule has 1 aliphatic carbocycles. The first-order chi connectivity index (χ1) is 11.6. The van der Waals surface area contributed by atoms with Gasteiger partial charge in [-0.1, -0.05) is 47.6 Å². The number of rotatable bonds is 4. The maximum Gasteiger partial charge on any atom is 0.313 e. The Morgan fingerprint density at radius 2 is 2.21 bits per heavy atom. The van der Waals surface area contributed by atoms with Crippen molar-refractivity contribution in [1.82, 2.24) is 9.97 Å². The maximum absolute atomic E-state index is 10.7. The van der Waals surface area contributed by atoms with Gasteiger partial charge in [-0.25, -0.2) is 4.98 Å². The van der Waals surface area contributed by atoms with Crippen molar-refractivity contribution in [2.45, 2.75) is 11.6 Å². The average Bonchev–Trinajstić information content (AvgIpc) is 3.17. The smallest absolute Gasteiger partial charge is 0.313 e. The van der Waals surface area contributed by atoms with Gasteiger partial charge in [-0.2, -0.15) is 0 Å². The summed E-state index contributed by atoms with van der Waals surface area (Å²) in [6.45, 7) is 0. The minimum Gasteiger partial charge on any atom is -0.481 e. The molecule has 0 saturated carbocycles. The molecule has 0 amide bonds. The van der Waals surface area contributed by atoms with E-state index in [2.05, 4.69) is 40.3 Å². The Balaban J connectivity index is 1.74. The van der Waals surface area contributed by atoms with Crippen molar-refractivity contribution in [2.24, 2.45) is 0 Å². The van der Waals surface area contributed by atoms with Crippen LogP contribution < -0.4 is 0 Å². The highest BCUT2D eigenvalue weighted by Crippen LogP contribution is 2.34. The van der Waals surface area contributed by atoms with Gasteiger partial charge in [0.25, 0.3) is 0 Å². The van der Waals surface area contributed by atoms with Crippen LogP contribution in [0.5, 0.6) is 0 Å². The summed E-state index contributed by atoms with van der Waals surface area (Å²) in [5, 5.41) is 10.00. The lowest BCUT2D eigenvalue weighted by molar-refractivity contribution is -0.133. The van der Waals surface area contributed by atoms with Crippen LogP contribution in [0.4, 0.5) is 0 Å². The number of benzene rings is 2. The number of aromatic amines is 1. The van der Waals surface area contributed by atoms with Crippen molar-refractivity contribution in [2.75, 3.05) is 5.75 Å². The van der Waals surface area contributed by atoms with Crippen LogP contribution in [0.2, 0.25) is 5.02 Å². The molecular weight excluding hydrogens is 344 g/mol. The predicted molar refractivity (Wildman–Crippen MR) is 97.6 cm³/mol. The van der Waals surface area contributed by atoms with Crippen LogP contribution in [0.3, 0.4) is 0 Å². The zero-order valence-corrected chi connectivity index (χ0v) is 14.1. The van der Waals surface area contributed by atoms with Crippen molar-refractivity contribution in [3.8, 4) is 11.1 Å². The van der Waals surface area contributed by atoms with E-state index in [0.717, 1.165) is 40.3 Å². The third-order valence-electron chi connectivity index (χ3n) is 3.97. The molecule has 2 aromatic carbocycles. The summed E-state index contributed by atoms with van der Waals surface area (Å²) in [6, 6.07) is 10.1. The van der Waals surface area contributed by atoms with Gasteiger partial charge in [0.2, 0.25) is 0 Å². The van der Waals surface area contributed by atoms with E-state index in [-0.39, 0.29) is 5.75 Å². The van der Waals surface area contributed by atoms with Crippen molar-refractivity contribution in [3.05, 3.63) is 52.6 Å². The van der Waals surface area contributed by atoms with Gasteiger partial charge in [-0.05, 0) is 41.3 Å². The van der Waals surface area contributed by atoms with Crippen LogP contribution in [0.15, 0.2) is 41.6 Å². The summed E-state index contributed by atoms with van der Waals surface area (Å²) >= 11 is 7.62. The lowest BCUT2D eigenvalue weighted by Crippen LogP contribution is -1.97. The molecule has 1 aliphatic rings. The number of aromatic nitrogens is 2. The molecule has 0 atom stereocenters.